The van der Waals surface area contributed by atoms with Crippen molar-refractivity contribution in [2.75, 3.05) is 13.1 Å². The quantitative estimate of drug-likeness (QED) is 0.899. The van der Waals surface area contributed by atoms with E-state index in [9.17, 15) is 8.42 Å². The summed E-state index contributed by atoms with van der Waals surface area (Å²) >= 11 is 5.86. The van der Waals surface area contributed by atoms with Crippen LogP contribution in [0.2, 0.25) is 5.02 Å². The molecule has 128 valence electrons. The van der Waals surface area contributed by atoms with Crippen molar-refractivity contribution in [1.82, 2.24) is 9.62 Å². The van der Waals surface area contributed by atoms with Gasteiger partial charge in [0.25, 0.3) is 0 Å². The van der Waals surface area contributed by atoms with Gasteiger partial charge in [0, 0.05) is 17.1 Å². The van der Waals surface area contributed by atoms with Gasteiger partial charge >= 0.3 is 0 Å². The highest BCUT2D eigenvalue weighted by molar-refractivity contribution is 7.89. The zero-order valence-electron chi connectivity index (χ0n) is 13.4. The van der Waals surface area contributed by atoms with Gasteiger partial charge in [-0.05, 0) is 63.0 Å². The maximum atomic E-state index is 12.7. The molecular formula is C17H25ClN2O2S. The predicted octanol–water partition coefficient (Wildman–Crippen LogP) is 3.42. The third-order valence-corrected chi connectivity index (χ3v) is 6.78. The van der Waals surface area contributed by atoms with Crippen LogP contribution in [0.1, 0.15) is 44.9 Å². The first kappa shape index (κ1) is 17.2. The van der Waals surface area contributed by atoms with Crippen LogP contribution in [0.3, 0.4) is 0 Å². The lowest BCUT2D eigenvalue weighted by molar-refractivity contribution is 0.109. The smallest absolute Gasteiger partial charge is 0.240 e. The lowest BCUT2D eigenvalue weighted by Crippen LogP contribution is -2.54. The molecule has 1 saturated carbocycles. The number of halogens is 1. The van der Waals surface area contributed by atoms with E-state index in [1.807, 2.05) is 0 Å². The topological polar surface area (TPSA) is 49.4 Å². The molecule has 0 spiro atoms. The van der Waals surface area contributed by atoms with E-state index in [0.29, 0.717) is 16.0 Å². The molecule has 0 bridgehead atoms. The summed E-state index contributed by atoms with van der Waals surface area (Å²) in [5.74, 6) is 0. The summed E-state index contributed by atoms with van der Waals surface area (Å²) in [5.41, 5.74) is 0. The van der Waals surface area contributed by atoms with Crippen molar-refractivity contribution >= 4 is 21.6 Å². The molecular weight excluding hydrogens is 332 g/mol. The van der Waals surface area contributed by atoms with Crippen LogP contribution in [0.15, 0.2) is 29.2 Å². The molecule has 3 rings (SSSR count). The van der Waals surface area contributed by atoms with Crippen molar-refractivity contribution in [2.45, 2.75) is 61.9 Å². The predicted molar refractivity (Wildman–Crippen MR) is 93.2 cm³/mol. The van der Waals surface area contributed by atoms with Crippen molar-refractivity contribution in [3.05, 3.63) is 29.3 Å². The van der Waals surface area contributed by atoms with E-state index in [4.69, 9.17) is 11.6 Å². The Bertz CT molecular complexity index is 612. The fraction of sp³-hybridized carbons (Fsp3) is 0.647. The fourth-order valence-corrected chi connectivity index (χ4v) is 5.25. The molecule has 1 aliphatic heterocycles. The Morgan fingerprint density at radius 1 is 0.957 bits per heavy atom. The summed E-state index contributed by atoms with van der Waals surface area (Å²) < 4.78 is 28.3. The van der Waals surface area contributed by atoms with E-state index in [1.54, 1.807) is 24.3 Å². The summed E-state index contributed by atoms with van der Waals surface area (Å²) in [7, 11) is -3.48. The molecule has 2 atom stereocenters. The largest absolute Gasteiger partial charge is 0.299 e. The zero-order valence-corrected chi connectivity index (χ0v) is 15.0. The minimum atomic E-state index is -3.48. The van der Waals surface area contributed by atoms with Crippen LogP contribution < -0.4 is 4.72 Å². The molecule has 1 aromatic carbocycles. The molecule has 2 aliphatic rings. The number of piperidine rings is 1. The number of rotatable bonds is 4. The first-order chi connectivity index (χ1) is 11.1. The molecule has 6 heteroatoms. The molecule has 1 heterocycles. The Morgan fingerprint density at radius 2 is 1.61 bits per heavy atom. The Morgan fingerprint density at radius 3 is 2.30 bits per heavy atom. The third-order valence-electron chi connectivity index (χ3n) is 5.02. The standard InChI is InChI=1S/C17H25ClN2O2S/c18-14-8-10-15(11-9-14)23(21,22)19-16-6-2-3-7-17(16)20-12-4-1-5-13-20/h8-11,16-17,19H,1-7,12-13H2/t16-,17+/m1/s1. The fourth-order valence-electron chi connectivity index (χ4n) is 3.82. The molecule has 0 radical (unpaired) electrons. The van der Waals surface area contributed by atoms with Gasteiger partial charge in [-0.15, -0.1) is 0 Å². The Balaban J connectivity index is 1.74. The summed E-state index contributed by atoms with van der Waals surface area (Å²) in [4.78, 5) is 2.79. The molecule has 1 aliphatic carbocycles. The number of sulfonamides is 1. The lowest BCUT2D eigenvalue weighted by Gasteiger charge is -2.41. The van der Waals surface area contributed by atoms with Crippen LogP contribution in [0, 0.1) is 0 Å². The Hall–Kier alpha value is -0.620. The monoisotopic (exact) mass is 356 g/mol. The van der Waals surface area contributed by atoms with Gasteiger partial charge in [0.05, 0.1) is 4.90 Å². The van der Waals surface area contributed by atoms with Crippen molar-refractivity contribution in [2.24, 2.45) is 0 Å². The van der Waals surface area contributed by atoms with Crippen LogP contribution in [0.25, 0.3) is 0 Å². The van der Waals surface area contributed by atoms with E-state index >= 15 is 0 Å². The molecule has 4 nitrogen and oxygen atoms in total. The van der Waals surface area contributed by atoms with Gasteiger partial charge in [-0.1, -0.05) is 30.9 Å². The Labute approximate surface area is 144 Å². The number of likely N-dealkylation sites (tertiary alicyclic amines) is 1. The maximum Gasteiger partial charge on any atom is 0.240 e. The minimum Gasteiger partial charge on any atom is -0.299 e. The van der Waals surface area contributed by atoms with Crippen LogP contribution in [0.4, 0.5) is 0 Å². The van der Waals surface area contributed by atoms with E-state index < -0.39 is 10.0 Å². The second kappa shape index (κ2) is 7.51. The highest BCUT2D eigenvalue weighted by Gasteiger charge is 2.33. The number of benzene rings is 1. The molecule has 0 amide bonds. The zero-order chi connectivity index (χ0) is 16.3. The highest BCUT2D eigenvalue weighted by Crippen LogP contribution is 2.27. The van der Waals surface area contributed by atoms with Crippen molar-refractivity contribution in [3.8, 4) is 0 Å². The normalized spacial score (nSPS) is 27.0. The lowest BCUT2D eigenvalue weighted by atomic mass is 9.89. The van der Waals surface area contributed by atoms with Crippen LogP contribution in [0.5, 0.6) is 0 Å². The van der Waals surface area contributed by atoms with Crippen molar-refractivity contribution < 1.29 is 8.42 Å². The van der Waals surface area contributed by atoms with Gasteiger partial charge in [0.15, 0.2) is 0 Å². The first-order valence-corrected chi connectivity index (χ1v) is 10.4. The van der Waals surface area contributed by atoms with Gasteiger partial charge in [-0.2, -0.15) is 0 Å². The average Bonchev–Trinajstić information content (AvgIpc) is 2.56. The van der Waals surface area contributed by atoms with Gasteiger partial charge < -0.3 is 0 Å². The number of hydrogen-bond donors (Lipinski definition) is 1. The summed E-state index contributed by atoms with van der Waals surface area (Å²) in [6.07, 6.45) is 8.06. The maximum absolute atomic E-state index is 12.7. The molecule has 2 fully saturated rings. The highest BCUT2D eigenvalue weighted by atomic mass is 35.5. The van der Waals surface area contributed by atoms with E-state index in [-0.39, 0.29) is 6.04 Å². The van der Waals surface area contributed by atoms with Gasteiger partial charge in [-0.25, -0.2) is 13.1 Å². The van der Waals surface area contributed by atoms with Gasteiger partial charge in [-0.3, -0.25) is 4.90 Å². The Kier molecular flexibility index (Phi) is 5.62. The molecule has 1 saturated heterocycles. The molecule has 23 heavy (non-hydrogen) atoms. The molecule has 1 N–H and O–H groups in total. The summed E-state index contributed by atoms with van der Waals surface area (Å²) in [6, 6.07) is 6.75. The minimum absolute atomic E-state index is 0.0162. The number of nitrogens with zero attached hydrogens (tertiary/aromatic N) is 1. The van der Waals surface area contributed by atoms with E-state index in [0.717, 1.165) is 32.4 Å². The van der Waals surface area contributed by atoms with E-state index in [1.165, 1.54) is 25.7 Å². The summed E-state index contributed by atoms with van der Waals surface area (Å²) in [6.45, 7) is 2.20. The SMILES string of the molecule is O=S(=O)(N[C@@H]1CCCC[C@@H]1N1CCCCC1)c1ccc(Cl)cc1. The van der Waals surface area contributed by atoms with Crippen molar-refractivity contribution in [3.63, 3.8) is 0 Å². The third kappa shape index (κ3) is 4.27. The number of hydrogen-bond acceptors (Lipinski definition) is 3. The average molecular weight is 357 g/mol. The number of nitrogens with one attached hydrogen (secondary N) is 1. The van der Waals surface area contributed by atoms with Crippen molar-refractivity contribution in [1.29, 1.82) is 0 Å². The van der Waals surface area contributed by atoms with Crippen LogP contribution in [-0.2, 0) is 10.0 Å². The molecule has 0 aromatic heterocycles. The van der Waals surface area contributed by atoms with Gasteiger partial charge in [0.1, 0.15) is 0 Å². The van der Waals surface area contributed by atoms with Crippen LogP contribution in [-0.4, -0.2) is 38.5 Å². The second-order valence-corrected chi connectivity index (χ2v) is 8.78. The first-order valence-electron chi connectivity index (χ1n) is 8.58. The molecule has 0 unspecified atom stereocenters. The van der Waals surface area contributed by atoms with E-state index in [2.05, 4.69) is 9.62 Å². The second-order valence-electron chi connectivity index (χ2n) is 6.63. The van der Waals surface area contributed by atoms with Gasteiger partial charge in [0.2, 0.25) is 10.0 Å². The van der Waals surface area contributed by atoms with Crippen LogP contribution >= 0.6 is 11.6 Å². The molecule has 1 aromatic rings. The summed E-state index contributed by atoms with van der Waals surface area (Å²) in [5, 5.41) is 0.549.